The first kappa shape index (κ1) is 11.2. The molecule has 1 aromatic carbocycles. The molecule has 0 radical (unpaired) electrons. The van der Waals surface area contributed by atoms with Crippen molar-refractivity contribution in [2.24, 2.45) is 0 Å². The molecule has 0 amide bonds. The molecule has 0 saturated heterocycles. The van der Waals surface area contributed by atoms with Crippen LogP contribution in [0.4, 0.5) is 0 Å². The number of rotatable bonds is 4. The van der Waals surface area contributed by atoms with Crippen LogP contribution in [0.5, 0.6) is 0 Å². The summed E-state index contributed by atoms with van der Waals surface area (Å²) < 4.78 is 1.05. The summed E-state index contributed by atoms with van der Waals surface area (Å²) >= 11 is 3.46. The minimum atomic E-state index is -0.732. The van der Waals surface area contributed by atoms with Gasteiger partial charge < -0.3 is 5.11 Å². The van der Waals surface area contributed by atoms with Crippen molar-refractivity contribution in [3.8, 4) is 0 Å². The summed E-state index contributed by atoms with van der Waals surface area (Å²) in [6.45, 7) is 2.04. The van der Waals surface area contributed by atoms with Crippen LogP contribution in [0.25, 0.3) is 0 Å². The lowest BCUT2D eigenvalue weighted by atomic mass is 9.96. The highest BCUT2D eigenvalue weighted by Crippen LogP contribution is 2.27. The number of benzene rings is 1. The van der Waals surface area contributed by atoms with Gasteiger partial charge >= 0.3 is 5.97 Å². The average Bonchev–Trinajstić information content (AvgIpc) is 2.15. The second-order valence-corrected chi connectivity index (χ2v) is 4.21. The molecule has 1 rings (SSSR count). The number of carboxylic acid groups (broad SMARTS) is 1. The van der Waals surface area contributed by atoms with Gasteiger partial charge in [0.2, 0.25) is 0 Å². The van der Waals surface area contributed by atoms with Gasteiger partial charge in [-0.15, -0.1) is 0 Å². The third-order valence-corrected chi connectivity index (χ3v) is 2.95. The van der Waals surface area contributed by atoms with Crippen molar-refractivity contribution < 1.29 is 9.90 Å². The lowest BCUT2D eigenvalue weighted by molar-refractivity contribution is -0.137. The SMILES string of the molecule is CC(CCC(=O)O)c1ccccc1Br. The molecule has 1 atom stereocenters. The van der Waals surface area contributed by atoms with Crippen LogP contribution in [0.3, 0.4) is 0 Å². The van der Waals surface area contributed by atoms with Crippen molar-refractivity contribution >= 4 is 21.9 Å². The number of carbonyl (C=O) groups is 1. The molecular weight excluding hydrogens is 244 g/mol. The Morgan fingerprint density at radius 1 is 1.50 bits per heavy atom. The van der Waals surface area contributed by atoms with Gasteiger partial charge in [0.25, 0.3) is 0 Å². The van der Waals surface area contributed by atoms with Crippen LogP contribution in [-0.2, 0) is 4.79 Å². The highest BCUT2D eigenvalue weighted by atomic mass is 79.9. The summed E-state index contributed by atoms with van der Waals surface area (Å²) in [7, 11) is 0. The van der Waals surface area contributed by atoms with E-state index in [4.69, 9.17) is 5.11 Å². The molecule has 0 fully saturated rings. The van der Waals surface area contributed by atoms with Crippen molar-refractivity contribution in [2.45, 2.75) is 25.7 Å². The fourth-order valence-electron chi connectivity index (χ4n) is 1.37. The van der Waals surface area contributed by atoms with Gasteiger partial charge in [-0.05, 0) is 24.0 Å². The first-order valence-corrected chi connectivity index (χ1v) is 5.36. The van der Waals surface area contributed by atoms with Gasteiger partial charge in [-0.25, -0.2) is 0 Å². The maximum atomic E-state index is 10.4. The van der Waals surface area contributed by atoms with Crippen LogP contribution in [0.1, 0.15) is 31.2 Å². The number of carboxylic acids is 1. The molecule has 0 aromatic heterocycles. The predicted molar refractivity (Wildman–Crippen MR) is 59.4 cm³/mol. The quantitative estimate of drug-likeness (QED) is 0.897. The maximum Gasteiger partial charge on any atom is 0.303 e. The Hall–Kier alpha value is -0.830. The fourth-order valence-corrected chi connectivity index (χ4v) is 2.05. The Bertz CT molecular complexity index is 323. The van der Waals surface area contributed by atoms with E-state index >= 15 is 0 Å². The fraction of sp³-hybridized carbons (Fsp3) is 0.364. The van der Waals surface area contributed by atoms with Crippen LogP contribution in [0.2, 0.25) is 0 Å². The topological polar surface area (TPSA) is 37.3 Å². The van der Waals surface area contributed by atoms with Crippen LogP contribution in [0, 0.1) is 0 Å². The monoisotopic (exact) mass is 256 g/mol. The van der Waals surface area contributed by atoms with Crippen LogP contribution in [-0.4, -0.2) is 11.1 Å². The smallest absolute Gasteiger partial charge is 0.303 e. The summed E-state index contributed by atoms with van der Waals surface area (Å²) in [5, 5.41) is 8.57. The molecule has 0 saturated carbocycles. The Labute approximate surface area is 92.1 Å². The van der Waals surface area contributed by atoms with E-state index in [1.807, 2.05) is 31.2 Å². The van der Waals surface area contributed by atoms with Crippen molar-refractivity contribution in [1.82, 2.24) is 0 Å². The molecule has 1 N–H and O–H groups in total. The van der Waals surface area contributed by atoms with Crippen molar-refractivity contribution in [2.75, 3.05) is 0 Å². The molecule has 3 heteroatoms. The first-order valence-electron chi connectivity index (χ1n) is 4.57. The Morgan fingerprint density at radius 2 is 2.14 bits per heavy atom. The maximum absolute atomic E-state index is 10.4. The van der Waals surface area contributed by atoms with Crippen LogP contribution >= 0.6 is 15.9 Å². The second-order valence-electron chi connectivity index (χ2n) is 3.35. The van der Waals surface area contributed by atoms with E-state index in [9.17, 15) is 4.79 Å². The largest absolute Gasteiger partial charge is 0.481 e. The lowest BCUT2D eigenvalue weighted by Gasteiger charge is -2.11. The van der Waals surface area contributed by atoms with E-state index in [1.54, 1.807) is 0 Å². The van der Waals surface area contributed by atoms with Gasteiger partial charge in [-0.1, -0.05) is 41.1 Å². The second kappa shape index (κ2) is 5.15. The molecule has 0 spiro atoms. The van der Waals surface area contributed by atoms with E-state index < -0.39 is 5.97 Å². The van der Waals surface area contributed by atoms with E-state index in [0.717, 1.165) is 4.47 Å². The molecule has 1 aromatic rings. The number of aliphatic carboxylic acids is 1. The summed E-state index contributed by atoms with van der Waals surface area (Å²) in [6.07, 6.45) is 0.903. The molecule has 0 aliphatic heterocycles. The average molecular weight is 257 g/mol. The minimum absolute atomic E-state index is 0.225. The third-order valence-electron chi connectivity index (χ3n) is 2.23. The van der Waals surface area contributed by atoms with Gasteiger partial charge in [0.15, 0.2) is 0 Å². The first-order chi connectivity index (χ1) is 6.61. The molecule has 0 aliphatic carbocycles. The summed E-state index contributed by atoms with van der Waals surface area (Å²) in [5.41, 5.74) is 1.17. The number of hydrogen-bond donors (Lipinski definition) is 1. The Balaban J connectivity index is 2.65. The van der Waals surface area contributed by atoms with Crippen LogP contribution < -0.4 is 0 Å². The molecule has 2 nitrogen and oxygen atoms in total. The van der Waals surface area contributed by atoms with Crippen molar-refractivity contribution in [3.63, 3.8) is 0 Å². The third kappa shape index (κ3) is 3.14. The zero-order valence-electron chi connectivity index (χ0n) is 8.03. The molecular formula is C11H13BrO2. The van der Waals surface area contributed by atoms with Gasteiger partial charge in [0, 0.05) is 10.9 Å². The summed E-state index contributed by atoms with van der Waals surface area (Å²) in [6, 6.07) is 7.93. The molecule has 0 heterocycles. The summed E-state index contributed by atoms with van der Waals surface area (Å²) in [4.78, 5) is 10.4. The predicted octanol–water partition coefficient (Wildman–Crippen LogP) is 3.42. The normalized spacial score (nSPS) is 12.4. The lowest BCUT2D eigenvalue weighted by Crippen LogP contribution is -2.00. The number of hydrogen-bond acceptors (Lipinski definition) is 1. The van der Waals surface area contributed by atoms with E-state index in [1.165, 1.54) is 5.56 Å². The standard InChI is InChI=1S/C11H13BrO2/c1-8(6-7-11(13)14)9-4-2-3-5-10(9)12/h2-5,8H,6-7H2,1H3,(H,13,14). The zero-order valence-corrected chi connectivity index (χ0v) is 9.62. The van der Waals surface area contributed by atoms with Crippen LogP contribution in [0.15, 0.2) is 28.7 Å². The molecule has 0 bridgehead atoms. The highest BCUT2D eigenvalue weighted by Gasteiger charge is 2.10. The van der Waals surface area contributed by atoms with Gasteiger partial charge in [0.05, 0.1) is 0 Å². The van der Waals surface area contributed by atoms with Crippen molar-refractivity contribution in [3.05, 3.63) is 34.3 Å². The van der Waals surface area contributed by atoms with Gasteiger partial charge in [0.1, 0.15) is 0 Å². The highest BCUT2D eigenvalue weighted by molar-refractivity contribution is 9.10. The molecule has 14 heavy (non-hydrogen) atoms. The van der Waals surface area contributed by atoms with E-state index in [0.29, 0.717) is 6.42 Å². The molecule has 1 unspecified atom stereocenters. The zero-order chi connectivity index (χ0) is 10.6. The minimum Gasteiger partial charge on any atom is -0.481 e. The molecule has 76 valence electrons. The van der Waals surface area contributed by atoms with Gasteiger partial charge in [-0.2, -0.15) is 0 Å². The van der Waals surface area contributed by atoms with E-state index in [2.05, 4.69) is 15.9 Å². The summed E-state index contributed by atoms with van der Waals surface area (Å²) in [5.74, 6) is -0.453. The van der Waals surface area contributed by atoms with Crippen molar-refractivity contribution in [1.29, 1.82) is 0 Å². The number of halogens is 1. The Kier molecular flexibility index (Phi) is 4.14. The van der Waals surface area contributed by atoms with Gasteiger partial charge in [-0.3, -0.25) is 4.79 Å². The Morgan fingerprint density at radius 3 is 2.71 bits per heavy atom. The van der Waals surface area contributed by atoms with E-state index in [-0.39, 0.29) is 12.3 Å². The molecule has 0 aliphatic rings.